The second-order valence-corrected chi connectivity index (χ2v) is 17.5. The monoisotopic (exact) mass is 796 g/mol. The Kier molecular flexibility index (Phi) is 10.0. The molecule has 1 aliphatic carbocycles. The highest BCUT2D eigenvalue weighted by Crippen LogP contribution is 2.48. The Bertz CT molecular complexity index is 2230. The Balaban J connectivity index is 0.725. The number of nitrogens with one attached hydrogen (secondary N) is 2. The maximum absolute atomic E-state index is 12.9. The van der Waals surface area contributed by atoms with Crippen LogP contribution >= 0.6 is 0 Å². The number of hydrogen-bond acceptors (Lipinski definition) is 10. The maximum atomic E-state index is 12.9. The van der Waals surface area contributed by atoms with Crippen LogP contribution in [0.25, 0.3) is 0 Å². The Morgan fingerprint density at radius 1 is 0.898 bits per heavy atom. The smallest absolute Gasteiger partial charge is 0.270 e. The van der Waals surface area contributed by atoms with Gasteiger partial charge in [-0.2, -0.15) is 0 Å². The van der Waals surface area contributed by atoms with Gasteiger partial charge in [0.05, 0.1) is 18.2 Å². The van der Waals surface area contributed by atoms with Crippen LogP contribution in [-0.2, 0) is 20.7 Å². The molecule has 306 valence electrons. The van der Waals surface area contributed by atoms with E-state index in [4.69, 9.17) is 9.47 Å². The van der Waals surface area contributed by atoms with Crippen molar-refractivity contribution in [3.63, 3.8) is 0 Å². The van der Waals surface area contributed by atoms with Crippen LogP contribution in [0.15, 0.2) is 84.9 Å². The number of piperidine rings is 2. The van der Waals surface area contributed by atoms with E-state index in [2.05, 4.69) is 91.0 Å². The van der Waals surface area contributed by atoms with E-state index in [1.807, 2.05) is 18.2 Å². The lowest BCUT2D eigenvalue weighted by Crippen LogP contribution is -2.58. The fraction of sp³-hybridized carbons (Fsp3) is 0.447. The van der Waals surface area contributed by atoms with Crippen molar-refractivity contribution in [2.75, 3.05) is 62.3 Å². The molecule has 4 aromatic rings. The first-order chi connectivity index (χ1) is 28.8. The zero-order valence-corrected chi connectivity index (χ0v) is 33.4. The average molecular weight is 797 g/mol. The molecule has 59 heavy (non-hydrogen) atoms. The minimum atomic E-state index is -0.758. The summed E-state index contributed by atoms with van der Waals surface area (Å²) in [5, 5.41) is 15.2. The highest BCUT2D eigenvalue weighted by atomic mass is 16.5. The van der Waals surface area contributed by atoms with Gasteiger partial charge in [-0.05, 0) is 109 Å². The summed E-state index contributed by atoms with van der Waals surface area (Å²) in [6, 6.07) is 29.1. The zero-order valence-electron chi connectivity index (χ0n) is 33.4. The van der Waals surface area contributed by atoms with Crippen molar-refractivity contribution in [1.82, 2.24) is 20.5 Å². The summed E-state index contributed by atoms with van der Waals surface area (Å²) < 4.78 is 12.8. The number of imide groups is 1. The third-order valence-corrected chi connectivity index (χ3v) is 13.8. The molecular weight excluding hydrogens is 745 g/mol. The van der Waals surface area contributed by atoms with Gasteiger partial charge in [0.2, 0.25) is 17.7 Å². The number of fused-ring (bicyclic) bond motifs is 4. The predicted octanol–water partition coefficient (Wildman–Crippen LogP) is 5.14. The van der Waals surface area contributed by atoms with E-state index in [-0.39, 0.29) is 42.0 Å². The molecule has 0 unspecified atom stereocenters. The van der Waals surface area contributed by atoms with E-state index in [9.17, 15) is 19.5 Å². The number of rotatable bonds is 7. The minimum Gasteiger partial charge on any atom is -0.508 e. The number of aromatic hydroxyl groups is 1. The normalized spacial score (nSPS) is 26.3. The van der Waals surface area contributed by atoms with Crippen molar-refractivity contribution in [3.8, 4) is 11.6 Å². The summed E-state index contributed by atoms with van der Waals surface area (Å²) in [6.07, 6.45) is 5.64. The molecule has 5 atom stereocenters. The molecule has 12 heteroatoms. The first kappa shape index (κ1) is 37.8. The van der Waals surface area contributed by atoms with Crippen LogP contribution in [0.5, 0.6) is 11.6 Å². The summed E-state index contributed by atoms with van der Waals surface area (Å²) in [7, 11) is 0. The molecule has 4 saturated heterocycles. The number of nitrogens with zero attached hydrogens (tertiary/aromatic N) is 4. The van der Waals surface area contributed by atoms with Crippen LogP contribution in [0, 0.1) is 5.92 Å². The van der Waals surface area contributed by atoms with Gasteiger partial charge in [-0.1, -0.05) is 48.5 Å². The van der Waals surface area contributed by atoms with E-state index >= 15 is 0 Å². The first-order valence-electron chi connectivity index (χ1n) is 21.4. The van der Waals surface area contributed by atoms with Crippen LogP contribution in [0.2, 0.25) is 0 Å². The van der Waals surface area contributed by atoms with Crippen LogP contribution < -0.4 is 25.2 Å². The summed E-state index contributed by atoms with van der Waals surface area (Å²) in [5.41, 5.74) is 7.58. The van der Waals surface area contributed by atoms with Gasteiger partial charge in [0.25, 0.3) is 5.91 Å². The maximum Gasteiger partial charge on any atom is 0.270 e. The van der Waals surface area contributed by atoms with Crippen LogP contribution in [0.4, 0.5) is 11.4 Å². The lowest BCUT2D eigenvalue weighted by Gasteiger charge is -2.45. The Labute approximate surface area is 344 Å². The molecule has 6 heterocycles. The fourth-order valence-electron chi connectivity index (χ4n) is 10.8. The van der Waals surface area contributed by atoms with Crippen molar-refractivity contribution < 1.29 is 29.0 Å². The summed E-state index contributed by atoms with van der Waals surface area (Å²) >= 11 is 0. The zero-order chi connectivity index (χ0) is 40.1. The third kappa shape index (κ3) is 7.53. The van der Waals surface area contributed by atoms with Crippen molar-refractivity contribution in [2.45, 2.75) is 74.5 Å². The number of ether oxygens (including phenoxy) is 2. The number of amides is 3. The predicted molar refractivity (Wildman–Crippen MR) is 223 cm³/mol. The van der Waals surface area contributed by atoms with E-state index in [0.717, 1.165) is 83.7 Å². The number of pyridine rings is 1. The number of hydrogen-bond donors (Lipinski definition) is 3. The number of phenols is 1. The van der Waals surface area contributed by atoms with Gasteiger partial charge in [0.1, 0.15) is 29.8 Å². The Morgan fingerprint density at radius 2 is 1.73 bits per heavy atom. The van der Waals surface area contributed by atoms with Crippen LogP contribution in [-0.4, -0.2) is 103 Å². The standard InChI is InChI=1S/C47H52N6O6/c54-36-11-13-38-33(24-36)8-12-37(31-4-2-1-3-5-31)43(38)32-6-9-34(10-7-32)52-20-18-47(19-21-52)25-30(28-59-47)26-51-22-23-53-35(27-51)29-58-46-41(53)16-14-40(49-46)44(56)48-39-15-17-42(55)50-45(39)57/h1-7,9-11,13-14,16,24,30,35,37,39,43,54H,8,12,15,17-23,25-29H2,(H,48,56)(H,50,55,57)/t30-,35-,37+,39+,43-/m1/s1. The van der Waals surface area contributed by atoms with Crippen LogP contribution in [0.3, 0.4) is 0 Å². The molecule has 0 bridgehead atoms. The number of benzene rings is 3. The van der Waals surface area contributed by atoms with E-state index in [1.165, 1.54) is 27.9 Å². The van der Waals surface area contributed by atoms with Gasteiger partial charge >= 0.3 is 0 Å². The lowest BCUT2D eigenvalue weighted by atomic mass is 9.69. The molecule has 12 nitrogen and oxygen atoms in total. The molecule has 0 radical (unpaired) electrons. The molecule has 0 saturated carbocycles. The largest absolute Gasteiger partial charge is 0.508 e. The molecule has 4 fully saturated rings. The molecule has 3 amide bonds. The first-order valence-corrected chi connectivity index (χ1v) is 21.4. The van der Waals surface area contributed by atoms with Gasteiger partial charge in [-0.15, -0.1) is 0 Å². The van der Waals surface area contributed by atoms with Crippen molar-refractivity contribution >= 4 is 29.1 Å². The van der Waals surface area contributed by atoms with Gasteiger partial charge in [-0.25, -0.2) is 4.98 Å². The Hall–Kier alpha value is -5.46. The number of anilines is 2. The molecule has 6 aliphatic rings. The van der Waals surface area contributed by atoms with Gasteiger partial charge < -0.3 is 29.7 Å². The third-order valence-electron chi connectivity index (χ3n) is 13.8. The SMILES string of the molecule is O=C1CC[C@H](NC(=O)c2ccc3c(n2)OC[C@H]2CN(C[C@@H]4COC5(CCN(c6ccc([C@H]7c8ccc(O)cc8CC[C@H]7c7ccccc7)cc6)CC5)C4)CCN32)C(=O)N1. The number of piperazine rings is 1. The highest BCUT2D eigenvalue weighted by molar-refractivity contribution is 6.03. The number of carbonyl (C=O) groups excluding carboxylic acids is 3. The number of phenolic OH excluding ortho intramolecular Hbond substituents is 1. The molecule has 10 rings (SSSR count). The van der Waals surface area contributed by atoms with Gasteiger partial charge in [0.15, 0.2) is 0 Å². The van der Waals surface area contributed by atoms with Crippen molar-refractivity contribution in [3.05, 3.63) is 113 Å². The quantitative estimate of drug-likeness (QED) is 0.216. The van der Waals surface area contributed by atoms with E-state index in [0.29, 0.717) is 30.1 Å². The second kappa shape index (κ2) is 15.6. The molecule has 3 N–H and O–H groups in total. The molecular formula is C47H52N6O6. The van der Waals surface area contributed by atoms with Crippen LogP contribution in [0.1, 0.15) is 83.1 Å². The Morgan fingerprint density at radius 3 is 2.54 bits per heavy atom. The summed E-state index contributed by atoms with van der Waals surface area (Å²) in [4.78, 5) is 48.5. The summed E-state index contributed by atoms with van der Waals surface area (Å²) in [5.74, 6) is 0.633. The van der Waals surface area contributed by atoms with Gasteiger partial charge in [0, 0.05) is 57.3 Å². The van der Waals surface area contributed by atoms with Gasteiger partial charge in [-0.3, -0.25) is 24.6 Å². The lowest BCUT2D eigenvalue weighted by molar-refractivity contribution is -0.134. The van der Waals surface area contributed by atoms with E-state index in [1.54, 1.807) is 6.07 Å². The second-order valence-electron chi connectivity index (χ2n) is 17.5. The van der Waals surface area contributed by atoms with Crippen molar-refractivity contribution in [1.29, 1.82) is 0 Å². The van der Waals surface area contributed by atoms with E-state index < -0.39 is 17.9 Å². The molecule has 5 aliphatic heterocycles. The molecule has 1 spiro atoms. The topological polar surface area (TPSA) is 137 Å². The minimum absolute atomic E-state index is 0.0516. The number of aryl methyl sites for hydroxylation is 1. The number of aromatic nitrogens is 1. The molecule has 1 aromatic heterocycles. The summed E-state index contributed by atoms with van der Waals surface area (Å²) in [6.45, 7) is 6.94. The average Bonchev–Trinajstić information content (AvgIpc) is 3.65. The van der Waals surface area contributed by atoms with Crippen molar-refractivity contribution in [2.24, 2.45) is 5.92 Å². The number of carbonyl (C=O) groups is 3. The molecule has 3 aromatic carbocycles. The fourth-order valence-corrected chi connectivity index (χ4v) is 10.8. The highest BCUT2D eigenvalue weighted by Gasteiger charge is 2.44.